The highest BCUT2D eigenvalue weighted by Gasteiger charge is 2.60. The van der Waals surface area contributed by atoms with Crippen molar-refractivity contribution in [1.82, 2.24) is 5.32 Å². The van der Waals surface area contributed by atoms with Crippen LogP contribution in [0.5, 0.6) is 0 Å². The summed E-state index contributed by atoms with van der Waals surface area (Å²) in [5.74, 6) is 8.67. The minimum atomic E-state index is -0.000758. The molecule has 4 aliphatic rings. The molecule has 4 rings (SSSR count). The van der Waals surface area contributed by atoms with Crippen LogP contribution >= 0.6 is 0 Å². The molecule has 0 radical (unpaired) electrons. The van der Waals surface area contributed by atoms with Gasteiger partial charge in [-0.15, -0.1) is 12.3 Å². The Morgan fingerprint density at radius 3 is 2.48 bits per heavy atom. The molecule has 33 heavy (non-hydrogen) atoms. The number of nitrogens with one attached hydrogen (secondary N) is 1. The van der Waals surface area contributed by atoms with Gasteiger partial charge in [-0.3, -0.25) is 4.79 Å². The van der Waals surface area contributed by atoms with Crippen LogP contribution in [0.1, 0.15) is 105 Å². The third-order valence-electron chi connectivity index (χ3n) is 11.3. The van der Waals surface area contributed by atoms with Gasteiger partial charge in [-0.05, 0) is 117 Å². The van der Waals surface area contributed by atoms with Crippen molar-refractivity contribution in [1.29, 1.82) is 0 Å². The summed E-state index contributed by atoms with van der Waals surface area (Å²) < 4.78 is 0. The smallest absolute Gasteiger partial charge is 0.243 e. The Balaban J connectivity index is 1.45. The summed E-state index contributed by atoms with van der Waals surface area (Å²) in [5, 5.41) is 3.21. The van der Waals surface area contributed by atoms with Crippen LogP contribution in [-0.2, 0) is 4.79 Å². The molecule has 0 aromatic heterocycles. The molecule has 0 aromatic rings. The minimum Gasteiger partial charge on any atom is -0.350 e. The lowest BCUT2D eigenvalue weighted by molar-refractivity contribution is -0.124. The van der Waals surface area contributed by atoms with Gasteiger partial charge < -0.3 is 5.32 Å². The molecule has 9 atom stereocenters. The standard InChI is InChI=1S/C31H49NO/c1-7-22(11-9-10-21(3)4)26-14-15-27-25-13-12-23-20-24(32-29(33)8-2)16-18-30(23,5)28(25)17-19-31(26,27)6/h1,8,21-28H,2,9-20H2,3-6H3,(H,32,33)/t22-,23?,24-,25+,26-,27?,28?,30+,31-/m1/s1. The Morgan fingerprint density at radius 2 is 1.79 bits per heavy atom. The quantitative estimate of drug-likeness (QED) is 0.317. The average molecular weight is 452 g/mol. The normalized spacial score (nSPS) is 43.0. The van der Waals surface area contributed by atoms with Crippen LogP contribution in [0.4, 0.5) is 0 Å². The van der Waals surface area contributed by atoms with Crippen LogP contribution in [0.2, 0.25) is 0 Å². The number of hydrogen-bond donors (Lipinski definition) is 1. The average Bonchev–Trinajstić information content (AvgIpc) is 3.14. The molecule has 2 nitrogen and oxygen atoms in total. The van der Waals surface area contributed by atoms with E-state index in [-0.39, 0.29) is 5.91 Å². The van der Waals surface area contributed by atoms with Crippen molar-refractivity contribution in [3.63, 3.8) is 0 Å². The summed E-state index contributed by atoms with van der Waals surface area (Å²) in [6.07, 6.45) is 23.3. The van der Waals surface area contributed by atoms with E-state index in [9.17, 15) is 4.79 Å². The number of fused-ring (bicyclic) bond motifs is 5. The van der Waals surface area contributed by atoms with E-state index in [1.807, 2.05) is 0 Å². The number of rotatable bonds is 7. The third kappa shape index (κ3) is 4.56. The SMILES string of the molecule is C#C[C@H](CCCC(C)C)[C@H]1CCC2[C@@H]3CCC4C[C@H](NC(=O)C=C)CC[C@]4(C)C3CC[C@@]21C. The molecule has 0 heterocycles. The van der Waals surface area contributed by atoms with Gasteiger partial charge in [0.1, 0.15) is 0 Å². The summed E-state index contributed by atoms with van der Waals surface area (Å²) in [4.78, 5) is 11.9. The van der Waals surface area contributed by atoms with Crippen molar-refractivity contribution in [2.45, 2.75) is 111 Å². The number of hydrogen-bond acceptors (Lipinski definition) is 1. The summed E-state index contributed by atoms with van der Waals surface area (Å²) in [5.41, 5.74) is 0.912. The van der Waals surface area contributed by atoms with Crippen LogP contribution in [0.25, 0.3) is 0 Å². The second kappa shape index (κ2) is 9.79. The molecule has 3 unspecified atom stereocenters. The van der Waals surface area contributed by atoms with Gasteiger partial charge >= 0.3 is 0 Å². The highest BCUT2D eigenvalue weighted by atomic mass is 16.1. The Morgan fingerprint density at radius 1 is 1.06 bits per heavy atom. The predicted molar refractivity (Wildman–Crippen MR) is 138 cm³/mol. The van der Waals surface area contributed by atoms with Crippen LogP contribution in [0, 0.1) is 64.6 Å². The van der Waals surface area contributed by atoms with Gasteiger partial charge in [-0.1, -0.05) is 47.1 Å². The second-order valence-electron chi connectivity index (χ2n) is 13.2. The van der Waals surface area contributed by atoms with Crippen LogP contribution < -0.4 is 5.32 Å². The van der Waals surface area contributed by atoms with Crippen molar-refractivity contribution < 1.29 is 4.79 Å². The van der Waals surface area contributed by atoms with E-state index in [1.54, 1.807) is 0 Å². The molecule has 184 valence electrons. The Hall–Kier alpha value is -1.23. The zero-order valence-corrected chi connectivity index (χ0v) is 21.9. The van der Waals surface area contributed by atoms with Gasteiger partial charge in [0.05, 0.1) is 0 Å². The lowest BCUT2D eigenvalue weighted by Crippen LogP contribution is -2.55. The zero-order chi connectivity index (χ0) is 23.8. The van der Waals surface area contributed by atoms with Crippen LogP contribution in [-0.4, -0.2) is 11.9 Å². The predicted octanol–water partition coefficient (Wildman–Crippen LogP) is 7.39. The molecule has 4 aliphatic carbocycles. The van der Waals surface area contributed by atoms with Gasteiger partial charge in [0, 0.05) is 12.0 Å². The maximum absolute atomic E-state index is 11.9. The number of carbonyl (C=O) groups excluding carboxylic acids is 1. The van der Waals surface area contributed by atoms with Gasteiger partial charge in [0.25, 0.3) is 0 Å². The maximum Gasteiger partial charge on any atom is 0.243 e. The van der Waals surface area contributed by atoms with Crippen molar-refractivity contribution in [3.05, 3.63) is 12.7 Å². The highest BCUT2D eigenvalue weighted by Crippen LogP contribution is 2.68. The van der Waals surface area contributed by atoms with Gasteiger partial charge in [0.2, 0.25) is 5.91 Å². The zero-order valence-electron chi connectivity index (χ0n) is 21.9. The van der Waals surface area contributed by atoms with E-state index in [0.717, 1.165) is 41.9 Å². The molecule has 4 fully saturated rings. The third-order valence-corrected chi connectivity index (χ3v) is 11.3. The first-order chi connectivity index (χ1) is 15.7. The summed E-state index contributed by atoms with van der Waals surface area (Å²) in [6.45, 7) is 13.5. The fourth-order valence-corrected chi connectivity index (χ4v) is 9.50. The fraction of sp³-hybridized carbons (Fsp3) is 0.839. The second-order valence-corrected chi connectivity index (χ2v) is 13.2. The lowest BCUT2D eigenvalue weighted by Gasteiger charge is -2.61. The van der Waals surface area contributed by atoms with Gasteiger partial charge in [-0.2, -0.15) is 0 Å². The molecule has 4 saturated carbocycles. The van der Waals surface area contributed by atoms with Crippen molar-refractivity contribution >= 4 is 5.91 Å². The van der Waals surface area contributed by atoms with Crippen molar-refractivity contribution in [2.24, 2.45) is 52.3 Å². The molecule has 1 N–H and O–H groups in total. The van der Waals surface area contributed by atoms with E-state index in [2.05, 4.69) is 45.5 Å². The molecule has 0 spiro atoms. The summed E-state index contributed by atoms with van der Waals surface area (Å²) >= 11 is 0. The Kier molecular flexibility index (Phi) is 7.38. The Bertz CT molecular complexity index is 763. The van der Waals surface area contributed by atoms with E-state index in [4.69, 9.17) is 6.42 Å². The molecule has 1 amide bonds. The van der Waals surface area contributed by atoms with Crippen molar-refractivity contribution in [2.75, 3.05) is 0 Å². The van der Waals surface area contributed by atoms with E-state index < -0.39 is 0 Å². The number of amides is 1. The summed E-state index contributed by atoms with van der Waals surface area (Å²) in [7, 11) is 0. The monoisotopic (exact) mass is 451 g/mol. The largest absolute Gasteiger partial charge is 0.350 e. The van der Waals surface area contributed by atoms with Gasteiger partial charge in [-0.25, -0.2) is 0 Å². The molecule has 0 saturated heterocycles. The molecule has 0 aliphatic heterocycles. The maximum atomic E-state index is 11.9. The van der Waals surface area contributed by atoms with Crippen LogP contribution in [0.15, 0.2) is 12.7 Å². The fourth-order valence-electron chi connectivity index (χ4n) is 9.50. The minimum absolute atomic E-state index is 0.000758. The van der Waals surface area contributed by atoms with Crippen molar-refractivity contribution in [3.8, 4) is 12.3 Å². The topological polar surface area (TPSA) is 29.1 Å². The molecular formula is C31H49NO. The first-order valence-electron chi connectivity index (χ1n) is 14.1. The first kappa shape index (κ1) is 24.9. The first-order valence-corrected chi connectivity index (χ1v) is 14.1. The molecule has 0 aromatic carbocycles. The van der Waals surface area contributed by atoms with E-state index >= 15 is 0 Å². The van der Waals surface area contributed by atoms with E-state index in [0.29, 0.717) is 22.8 Å². The molecule has 0 bridgehead atoms. The lowest BCUT2D eigenvalue weighted by atomic mass is 9.44. The number of terminal acetylenes is 1. The van der Waals surface area contributed by atoms with E-state index in [1.165, 1.54) is 76.7 Å². The van der Waals surface area contributed by atoms with Gasteiger partial charge in [0.15, 0.2) is 0 Å². The molecular weight excluding hydrogens is 402 g/mol. The number of carbonyl (C=O) groups is 1. The highest BCUT2D eigenvalue weighted by molar-refractivity contribution is 5.87. The van der Waals surface area contributed by atoms with Crippen LogP contribution in [0.3, 0.4) is 0 Å². The molecule has 2 heteroatoms. The summed E-state index contributed by atoms with van der Waals surface area (Å²) in [6, 6.07) is 0.345. The Labute approximate surface area is 204 Å².